The fourth-order valence-corrected chi connectivity index (χ4v) is 4.57. The van der Waals surface area contributed by atoms with Gasteiger partial charge in [0.05, 0.1) is 16.9 Å². The molecule has 0 spiro atoms. The lowest BCUT2D eigenvalue weighted by atomic mass is 10.0. The highest BCUT2D eigenvalue weighted by atomic mass is 19.1. The molecule has 1 fully saturated rings. The first-order valence-electron chi connectivity index (χ1n) is 10.8. The van der Waals surface area contributed by atoms with E-state index in [0.717, 1.165) is 18.8 Å². The number of aromatic nitrogens is 2. The molecule has 0 bridgehead atoms. The number of rotatable bonds is 3. The van der Waals surface area contributed by atoms with Gasteiger partial charge in [0, 0.05) is 60.8 Å². The summed E-state index contributed by atoms with van der Waals surface area (Å²) in [6, 6.07) is 8.35. The van der Waals surface area contributed by atoms with Crippen molar-refractivity contribution in [2.45, 2.75) is 32.9 Å². The van der Waals surface area contributed by atoms with E-state index < -0.39 is 17.3 Å². The molecule has 3 aromatic heterocycles. The Morgan fingerprint density at radius 2 is 1.94 bits per heavy atom. The lowest BCUT2D eigenvalue weighted by Crippen LogP contribution is -2.54. The molecule has 4 heterocycles. The van der Waals surface area contributed by atoms with Gasteiger partial charge < -0.3 is 24.4 Å². The van der Waals surface area contributed by atoms with Crippen molar-refractivity contribution in [3.05, 3.63) is 70.2 Å². The van der Waals surface area contributed by atoms with Crippen molar-refractivity contribution in [1.82, 2.24) is 14.7 Å². The number of nitrogens with zero attached hydrogens (tertiary/aromatic N) is 3. The molecule has 2 atom stereocenters. The average molecular weight is 449 g/mol. The van der Waals surface area contributed by atoms with Crippen LogP contribution in [0.1, 0.15) is 29.9 Å². The molecule has 1 aromatic carbocycles. The SMILES string of the molecule is Cc1cn2cc(NC(=O)c3ccc(N4CC(C)NC(C)C4)c4ccc(=O)oc34)cc(F)c2n1. The largest absolute Gasteiger partial charge is 0.422 e. The Kier molecular flexibility index (Phi) is 5.13. The predicted molar refractivity (Wildman–Crippen MR) is 125 cm³/mol. The third-order valence-electron chi connectivity index (χ3n) is 5.79. The maximum absolute atomic E-state index is 14.4. The summed E-state index contributed by atoms with van der Waals surface area (Å²) in [6.45, 7) is 7.57. The number of anilines is 2. The maximum atomic E-state index is 14.4. The van der Waals surface area contributed by atoms with Crippen LogP contribution in [0.5, 0.6) is 0 Å². The lowest BCUT2D eigenvalue weighted by Gasteiger charge is -2.38. The zero-order chi connectivity index (χ0) is 23.3. The molecule has 1 aliphatic heterocycles. The number of fused-ring (bicyclic) bond motifs is 2. The number of aryl methyl sites for hydroxylation is 1. The highest BCUT2D eigenvalue weighted by Gasteiger charge is 2.24. The van der Waals surface area contributed by atoms with Gasteiger partial charge in [0.25, 0.3) is 5.91 Å². The van der Waals surface area contributed by atoms with Crippen molar-refractivity contribution in [3.63, 3.8) is 0 Å². The van der Waals surface area contributed by atoms with Crippen molar-refractivity contribution in [3.8, 4) is 0 Å². The van der Waals surface area contributed by atoms with E-state index in [1.807, 2.05) is 6.07 Å². The molecule has 5 rings (SSSR count). The van der Waals surface area contributed by atoms with Crippen molar-refractivity contribution in [2.24, 2.45) is 0 Å². The smallest absolute Gasteiger partial charge is 0.336 e. The molecule has 9 heteroatoms. The molecule has 2 unspecified atom stereocenters. The van der Waals surface area contributed by atoms with E-state index in [4.69, 9.17) is 4.42 Å². The van der Waals surface area contributed by atoms with Crippen LogP contribution in [0, 0.1) is 12.7 Å². The van der Waals surface area contributed by atoms with Crippen LogP contribution in [0.3, 0.4) is 0 Å². The topological polar surface area (TPSA) is 91.9 Å². The molecule has 8 nitrogen and oxygen atoms in total. The van der Waals surface area contributed by atoms with Gasteiger partial charge in [0.15, 0.2) is 17.0 Å². The van der Waals surface area contributed by atoms with Crippen LogP contribution in [0.2, 0.25) is 0 Å². The van der Waals surface area contributed by atoms with Gasteiger partial charge >= 0.3 is 5.63 Å². The number of hydrogen-bond donors (Lipinski definition) is 2. The fourth-order valence-electron chi connectivity index (χ4n) is 4.57. The molecule has 170 valence electrons. The molecular weight excluding hydrogens is 425 g/mol. The summed E-state index contributed by atoms with van der Waals surface area (Å²) in [4.78, 5) is 31.5. The Labute approximate surface area is 189 Å². The maximum Gasteiger partial charge on any atom is 0.336 e. The number of nitrogens with one attached hydrogen (secondary N) is 2. The Bertz CT molecular complexity index is 1430. The number of pyridine rings is 1. The molecule has 0 saturated carbocycles. The second-order valence-corrected chi connectivity index (χ2v) is 8.65. The van der Waals surface area contributed by atoms with Gasteiger partial charge in [-0.05, 0) is 39.0 Å². The van der Waals surface area contributed by atoms with Crippen LogP contribution in [-0.4, -0.2) is 40.5 Å². The summed E-state index contributed by atoms with van der Waals surface area (Å²) in [5, 5.41) is 6.88. The number of halogens is 1. The first-order chi connectivity index (χ1) is 15.8. The van der Waals surface area contributed by atoms with E-state index in [9.17, 15) is 14.0 Å². The zero-order valence-electron chi connectivity index (χ0n) is 18.6. The first-order valence-corrected chi connectivity index (χ1v) is 10.8. The highest BCUT2D eigenvalue weighted by Crippen LogP contribution is 2.30. The van der Waals surface area contributed by atoms with Crippen molar-refractivity contribution in [2.75, 3.05) is 23.3 Å². The van der Waals surface area contributed by atoms with E-state index in [1.54, 1.807) is 31.5 Å². The molecule has 1 aliphatic rings. The fraction of sp³-hybridized carbons (Fsp3) is 0.292. The van der Waals surface area contributed by atoms with Gasteiger partial charge in [-0.3, -0.25) is 4.79 Å². The number of carbonyl (C=O) groups excluding carboxylic acids is 1. The van der Waals surface area contributed by atoms with Gasteiger partial charge in [-0.2, -0.15) is 0 Å². The molecular formula is C24H24FN5O3. The minimum absolute atomic E-state index is 0.186. The second-order valence-electron chi connectivity index (χ2n) is 8.65. The number of benzene rings is 1. The summed E-state index contributed by atoms with van der Waals surface area (Å²) < 4.78 is 21.4. The lowest BCUT2D eigenvalue weighted by molar-refractivity contribution is 0.102. The first kappa shape index (κ1) is 21.1. The summed E-state index contributed by atoms with van der Waals surface area (Å²) in [7, 11) is 0. The van der Waals surface area contributed by atoms with Crippen molar-refractivity contribution < 1.29 is 13.6 Å². The molecule has 0 radical (unpaired) electrons. The third-order valence-corrected chi connectivity index (χ3v) is 5.79. The number of imidazole rings is 1. The molecule has 33 heavy (non-hydrogen) atoms. The van der Waals surface area contributed by atoms with Gasteiger partial charge in [-0.25, -0.2) is 14.2 Å². The summed E-state index contributed by atoms with van der Waals surface area (Å²) in [6.07, 6.45) is 3.26. The average Bonchev–Trinajstić information content (AvgIpc) is 3.12. The minimum Gasteiger partial charge on any atom is -0.422 e. The van der Waals surface area contributed by atoms with E-state index in [0.29, 0.717) is 23.2 Å². The number of piperazine rings is 1. The van der Waals surface area contributed by atoms with Crippen molar-refractivity contribution in [1.29, 1.82) is 0 Å². The normalized spacial score (nSPS) is 18.7. The van der Waals surface area contributed by atoms with Crippen LogP contribution in [0.4, 0.5) is 15.8 Å². The standard InChI is InChI=1S/C24H24FN5O3/c1-13-9-29(10-14(2)26-13)20-6-4-18(22-17(20)5-7-21(31)33-22)24(32)28-16-8-19(25)23-27-15(3)11-30(23)12-16/h4-8,11-14,26H,9-10H2,1-3H3,(H,28,32). The van der Waals surface area contributed by atoms with Gasteiger partial charge in [0.2, 0.25) is 0 Å². The van der Waals surface area contributed by atoms with Crippen LogP contribution in [0.25, 0.3) is 16.6 Å². The second kappa shape index (κ2) is 8.00. The van der Waals surface area contributed by atoms with Crippen molar-refractivity contribution >= 4 is 33.9 Å². The van der Waals surface area contributed by atoms with Crippen LogP contribution < -0.4 is 21.2 Å². The zero-order valence-corrected chi connectivity index (χ0v) is 18.6. The number of hydrogen-bond acceptors (Lipinski definition) is 6. The summed E-state index contributed by atoms with van der Waals surface area (Å²) in [5.74, 6) is -1.05. The van der Waals surface area contributed by atoms with Gasteiger partial charge in [-0.15, -0.1) is 0 Å². The molecule has 4 aromatic rings. The molecule has 1 amide bonds. The van der Waals surface area contributed by atoms with Crippen LogP contribution in [-0.2, 0) is 0 Å². The molecule has 0 aliphatic carbocycles. The number of carbonyl (C=O) groups is 1. The minimum atomic E-state index is -0.547. The third kappa shape index (κ3) is 3.95. The Morgan fingerprint density at radius 1 is 1.18 bits per heavy atom. The quantitative estimate of drug-likeness (QED) is 0.466. The highest BCUT2D eigenvalue weighted by molar-refractivity contribution is 6.13. The van der Waals surface area contributed by atoms with Crippen LogP contribution in [0.15, 0.2) is 51.9 Å². The Morgan fingerprint density at radius 3 is 2.70 bits per heavy atom. The Balaban J connectivity index is 1.54. The summed E-state index contributed by atoms with van der Waals surface area (Å²) >= 11 is 0. The molecule has 1 saturated heterocycles. The van der Waals surface area contributed by atoms with Gasteiger partial charge in [-0.1, -0.05) is 0 Å². The predicted octanol–water partition coefficient (Wildman–Crippen LogP) is 3.33. The van der Waals surface area contributed by atoms with E-state index >= 15 is 0 Å². The summed E-state index contributed by atoms with van der Waals surface area (Å²) in [5.41, 5.74) is 1.87. The Hall–Kier alpha value is -3.72. The van der Waals surface area contributed by atoms with E-state index in [2.05, 4.69) is 34.4 Å². The van der Waals surface area contributed by atoms with Gasteiger partial charge in [0.1, 0.15) is 0 Å². The number of amides is 1. The van der Waals surface area contributed by atoms with E-state index in [1.165, 1.54) is 16.5 Å². The van der Waals surface area contributed by atoms with E-state index in [-0.39, 0.29) is 22.5 Å². The molecule has 2 N–H and O–H groups in total. The van der Waals surface area contributed by atoms with Crippen LogP contribution >= 0.6 is 0 Å². The monoisotopic (exact) mass is 449 g/mol.